The lowest BCUT2D eigenvalue weighted by atomic mass is 9.76. The molecule has 1 saturated heterocycles. The van der Waals surface area contributed by atoms with Crippen LogP contribution >= 0.6 is 0 Å². The van der Waals surface area contributed by atoms with E-state index in [4.69, 9.17) is 5.73 Å². The highest BCUT2D eigenvalue weighted by Crippen LogP contribution is 2.31. The van der Waals surface area contributed by atoms with Crippen molar-refractivity contribution in [2.75, 3.05) is 13.1 Å². The van der Waals surface area contributed by atoms with Gasteiger partial charge in [-0.3, -0.25) is 4.79 Å². The second kappa shape index (κ2) is 5.38. The number of nitrogens with zero attached hydrogens (tertiary/aromatic N) is 1. The van der Waals surface area contributed by atoms with Crippen molar-refractivity contribution in [3.8, 4) is 0 Å². The van der Waals surface area contributed by atoms with Crippen molar-refractivity contribution in [2.24, 2.45) is 23.5 Å². The Morgan fingerprint density at radius 3 is 2.59 bits per heavy atom. The van der Waals surface area contributed by atoms with E-state index in [1.54, 1.807) is 0 Å². The van der Waals surface area contributed by atoms with Gasteiger partial charge in [-0.2, -0.15) is 0 Å². The number of piperidine rings is 1. The monoisotopic (exact) mass is 238 g/mol. The number of nitrogens with two attached hydrogens (primary N) is 1. The Kier molecular flexibility index (Phi) is 4.08. The fraction of sp³-hybridized carbons (Fsp3) is 0.929. The molecule has 2 aliphatic rings. The Bertz CT molecular complexity index is 269. The minimum absolute atomic E-state index is 0.0778. The summed E-state index contributed by atoms with van der Waals surface area (Å²) in [6, 6.07) is 0.0866. The third-order valence-electron chi connectivity index (χ3n) is 4.53. The second-order valence-electron chi connectivity index (χ2n) is 6.13. The summed E-state index contributed by atoms with van der Waals surface area (Å²) in [5, 5.41) is 0. The molecule has 4 atom stereocenters. The Hall–Kier alpha value is -0.570. The van der Waals surface area contributed by atoms with Crippen LogP contribution in [0, 0.1) is 17.8 Å². The van der Waals surface area contributed by atoms with E-state index in [2.05, 4.69) is 18.7 Å². The average Bonchev–Trinajstić information content (AvgIpc) is 2.28. The Labute approximate surface area is 105 Å². The fourth-order valence-electron chi connectivity index (χ4n) is 3.48. The molecule has 0 aromatic heterocycles. The molecule has 0 spiro atoms. The zero-order valence-corrected chi connectivity index (χ0v) is 11.2. The molecule has 1 heterocycles. The summed E-state index contributed by atoms with van der Waals surface area (Å²) in [5.74, 6) is 1.52. The van der Waals surface area contributed by atoms with Crippen LogP contribution in [0.3, 0.4) is 0 Å². The van der Waals surface area contributed by atoms with Crippen LogP contribution in [0.2, 0.25) is 0 Å². The van der Waals surface area contributed by atoms with Gasteiger partial charge in [0.15, 0.2) is 0 Å². The molecule has 0 aromatic carbocycles. The molecule has 2 N–H and O–H groups in total. The highest BCUT2D eigenvalue weighted by molar-refractivity contribution is 5.80. The second-order valence-corrected chi connectivity index (χ2v) is 6.13. The van der Waals surface area contributed by atoms with Gasteiger partial charge in [0.25, 0.3) is 0 Å². The van der Waals surface area contributed by atoms with Gasteiger partial charge in [-0.15, -0.1) is 0 Å². The first kappa shape index (κ1) is 12.9. The van der Waals surface area contributed by atoms with Crippen molar-refractivity contribution in [2.45, 2.75) is 52.0 Å². The number of amides is 1. The SMILES string of the molecule is CC1CCCN(C(=O)C2C(C)CCCC2N)C1. The predicted octanol–water partition coefficient (Wildman–Crippen LogP) is 2.01. The molecule has 3 heteroatoms. The molecule has 0 radical (unpaired) electrons. The Balaban J connectivity index is 2.02. The molecule has 2 rings (SSSR count). The largest absolute Gasteiger partial charge is 0.342 e. The first-order valence-corrected chi connectivity index (χ1v) is 7.14. The average molecular weight is 238 g/mol. The van der Waals surface area contributed by atoms with Gasteiger partial charge in [0, 0.05) is 19.1 Å². The standard InChI is InChI=1S/C14H26N2O/c1-10-5-4-8-16(9-10)14(17)13-11(2)6-3-7-12(13)15/h10-13H,3-9,15H2,1-2H3. The van der Waals surface area contributed by atoms with Gasteiger partial charge in [0.05, 0.1) is 5.92 Å². The van der Waals surface area contributed by atoms with Crippen LogP contribution in [0.25, 0.3) is 0 Å². The van der Waals surface area contributed by atoms with Gasteiger partial charge in [0.2, 0.25) is 5.91 Å². The summed E-state index contributed by atoms with van der Waals surface area (Å²) in [4.78, 5) is 14.6. The predicted molar refractivity (Wildman–Crippen MR) is 69.5 cm³/mol. The van der Waals surface area contributed by atoms with Gasteiger partial charge in [-0.05, 0) is 37.5 Å². The number of hydrogen-bond donors (Lipinski definition) is 1. The fourth-order valence-corrected chi connectivity index (χ4v) is 3.48. The van der Waals surface area contributed by atoms with E-state index in [0.29, 0.717) is 17.7 Å². The van der Waals surface area contributed by atoms with Crippen molar-refractivity contribution >= 4 is 5.91 Å². The van der Waals surface area contributed by atoms with Crippen molar-refractivity contribution in [1.29, 1.82) is 0 Å². The van der Waals surface area contributed by atoms with Gasteiger partial charge in [-0.25, -0.2) is 0 Å². The van der Waals surface area contributed by atoms with Crippen LogP contribution in [0.4, 0.5) is 0 Å². The maximum atomic E-state index is 12.6. The van der Waals surface area contributed by atoms with E-state index in [-0.39, 0.29) is 12.0 Å². The number of hydrogen-bond acceptors (Lipinski definition) is 2. The molecule has 0 aromatic rings. The molecule has 98 valence electrons. The van der Waals surface area contributed by atoms with Crippen molar-refractivity contribution in [3.05, 3.63) is 0 Å². The van der Waals surface area contributed by atoms with Gasteiger partial charge in [0.1, 0.15) is 0 Å². The molecule has 1 aliphatic heterocycles. The van der Waals surface area contributed by atoms with E-state index in [1.165, 1.54) is 12.8 Å². The smallest absolute Gasteiger partial charge is 0.227 e. The number of likely N-dealkylation sites (tertiary alicyclic amines) is 1. The minimum Gasteiger partial charge on any atom is -0.342 e. The quantitative estimate of drug-likeness (QED) is 0.759. The Morgan fingerprint density at radius 2 is 1.94 bits per heavy atom. The summed E-state index contributed by atoms with van der Waals surface area (Å²) < 4.78 is 0. The topological polar surface area (TPSA) is 46.3 Å². The van der Waals surface area contributed by atoms with E-state index >= 15 is 0 Å². The summed E-state index contributed by atoms with van der Waals surface area (Å²) >= 11 is 0. The maximum absolute atomic E-state index is 12.6. The maximum Gasteiger partial charge on any atom is 0.227 e. The van der Waals surface area contributed by atoms with Gasteiger partial charge >= 0.3 is 0 Å². The summed E-state index contributed by atoms with van der Waals surface area (Å²) in [6.45, 7) is 6.31. The molecular formula is C14H26N2O. The van der Waals surface area contributed by atoms with Crippen LogP contribution in [-0.2, 0) is 4.79 Å². The lowest BCUT2D eigenvalue weighted by Gasteiger charge is -2.39. The molecule has 17 heavy (non-hydrogen) atoms. The Morgan fingerprint density at radius 1 is 1.18 bits per heavy atom. The molecule has 4 unspecified atom stereocenters. The van der Waals surface area contributed by atoms with Gasteiger partial charge < -0.3 is 10.6 Å². The van der Waals surface area contributed by atoms with Crippen LogP contribution < -0.4 is 5.73 Å². The van der Waals surface area contributed by atoms with Crippen LogP contribution in [0.1, 0.15) is 46.0 Å². The highest BCUT2D eigenvalue weighted by atomic mass is 16.2. The van der Waals surface area contributed by atoms with Crippen molar-refractivity contribution in [1.82, 2.24) is 4.90 Å². The minimum atomic E-state index is 0.0778. The van der Waals surface area contributed by atoms with Gasteiger partial charge in [-0.1, -0.05) is 20.3 Å². The number of rotatable bonds is 1. The number of carbonyl (C=O) groups excluding carboxylic acids is 1. The summed E-state index contributed by atoms with van der Waals surface area (Å²) in [7, 11) is 0. The third kappa shape index (κ3) is 2.82. The zero-order chi connectivity index (χ0) is 12.4. The molecule has 1 aliphatic carbocycles. The van der Waals surface area contributed by atoms with E-state index in [1.807, 2.05) is 0 Å². The summed E-state index contributed by atoms with van der Waals surface area (Å²) in [5.41, 5.74) is 6.16. The van der Waals surface area contributed by atoms with Crippen molar-refractivity contribution < 1.29 is 4.79 Å². The van der Waals surface area contributed by atoms with E-state index in [0.717, 1.165) is 32.4 Å². The van der Waals surface area contributed by atoms with E-state index < -0.39 is 0 Å². The first-order valence-electron chi connectivity index (χ1n) is 7.14. The van der Waals surface area contributed by atoms with Crippen molar-refractivity contribution in [3.63, 3.8) is 0 Å². The third-order valence-corrected chi connectivity index (χ3v) is 4.53. The van der Waals surface area contributed by atoms with Crippen LogP contribution in [-0.4, -0.2) is 29.9 Å². The molecule has 2 fully saturated rings. The number of carbonyl (C=O) groups is 1. The lowest BCUT2D eigenvalue weighted by molar-refractivity contribution is -0.140. The van der Waals surface area contributed by atoms with E-state index in [9.17, 15) is 4.79 Å². The zero-order valence-electron chi connectivity index (χ0n) is 11.2. The van der Waals surface area contributed by atoms with Crippen LogP contribution in [0.15, 0.2) is 0 Å². The molecule has 3 nitrogen and oxygen atoms in total. The molecular weight excluding hydrogens is 212 g/mol. The molecule has 0 bridgehead atoms. The van der Waals surface area contributed by atoms with Crippen LogP contribution in [0.5, 0.6) is 0 Å². The molecule has 1 amide bonds. The lowest BCUT2D eigenvalue weighted by Crippen LogP contribution is -2.51. The highest BCUT2D eigenvalue weighted by Gasteiger charge is 2.37. The summed E-state index contributed by atoms with van der Waals surface area (Å²) in [6.07, 6.45) is 5.78. The first-order chi connectivity index (χ1) is 8.09. The molecule has 1 saturated carbocycles. The normalized spacial score (nSPS) is 39.1.